The van der Waals surface area contributed by atoms with E-state index < -0.39 is 11.8 Å². The Labute approximate surface area is 105 Å². The van der Waals surface area contributed by atoms with Gasteiger partial charge in [0.25, 0.3) is 0 Å². The van der Waals surface area contributed by atoms with E-state index in [0.29, 0.717) is 11.3 Å². The molecule has 1 aliphatic rings. The SMILES string of the molecule is CC(=O)c1ccccc1N1CC(C(N)=O)CC1=O. The number of carbonyl (C=O) groups excluding carboxylic acids is 3. The van der Waals surface area contributed by atoms with E-state index in [0.717, 1.165) is 0 Å². The molecule has 0 bridgehead atoms. The van der Waals surface area contributed by atoms with Crippen molar-refractivity contribution in [1.82, 2.24) is 0 Å². The van der Waals surface area contributed by atoms with Gasteiger partial charge in [-0.2, -0.15) is 0 Å². The quantitative estimate of drug-likeness (QED) is 0.798. The van der Waals surface area contributed by atoms with Crippen molar-refractivity contribution in [1.29, 1.82) is 0 Å². The number of nitrogens with two attached hydrogens (primary N) is 1. The summed E-state index contributed by atoms with van der Waals surface area (Å²) in [6.45, 7) is 1.70. The summed E-state index contributed by atoms with van der Waals surface area (Å²) >= 11 is 0. The Morgan fingerprint density at radius 1 is 1.33 bits per heavy atom. The molecule has 1 aromatic carbocycles. The molecular formula is C13H14N2O3. The third-order valence-corrected chi connectivity index (χ3v) is 3.10. The molecule has 1 fully saturated rings. The Bertz CT molecular complexity index is 525. The van der Waals surface area contributed by atoms with Crippen molar-refractivity contribution in [3.63, 3.8) is 0 Å². The zero-order chi connectivity index (χ0) is 13.3. The lowest BCUT2D eigenvalue weighted by Crippen LogP contribution is -2.29. The number of anilines is 1. The van der Waals surface area contributed by atoms with Gasteiger partial charge in [0.1, 0.15) is 0 Å². The maximum atomic E-state index is 11.9. The van der Waals surface area contributed by atoms with Crippen LogP contribution in [0, 0.1) is 5.92 Å². The van der Waals surface area contributed by atoms with Gasteiger partial charge in [-0.05, 0) is 19.1 Å². The summed E-state index contributed by atoms with van der Waals surface area (Å²) in [6.07, 6.45) is 0.113. The number of hydrogen-bond acceptors (Lipinski definition) is 3. The van der Waals surface area contributed by atoms with Gasteiger partial charge in [0.2, 0.25) is 11.8 Å². The molecule has 1 aliphatic heterocycles. The molecule has 1 atom stereocenters. The van der Waals surface area contributed by atoms with E-state index in [2.05, 4.69) is 0 Å². The topological polar surface area (TPSA) is 80.5 Å². The standard InChI is InChI=1S/C13H14N2O3/c1-8(16)10-4-2-3-5-11(10)15-7-9(13(14)18)6-12(15)17/h2-5,9H,6-7H2,1H3,(H2,14,18). The van der Waals surface area contributed by atoms with Crippen LogP contribution in [0.25, 0.3) is 0 Å². The predicted molar refractivity (Wildman–Crippen MR) is 66.1 cm³/mol. The molecule has 5 nitrogen and oxygen atoms in total. The highest BCUT2D eigenvalue weighted by Crippen LogP contribution is 2.28. The molecule has 94 valence electrons. The van der Waals surface area contributed by atoms with Crippen LogP contribution in [-0.2, 0) is 9.59 Å². The number of rotatable bonds is 3. The lowest BCUT2D eigenvalue weighted by Gasteiger charge is -2.18. The molecule has 1 aromatic rings. The van der Waals surface area contributed by atoms with E-state index in [4.69, 9.17) is 5.73 Å². The number of ketones is 1. The predicted octanol–water partition coefficient (Wildman–Crippen LogP) is 0.727. The zero-order valence-electron chi connectivity index (χ0n) is 10.1. The normalized spacial score (nSPS) is 19.1. The highest BCUT2D eigenvalue weighted by Gasteiger charge is 2.35. The van der Waals surface area contributed by atoms with E-state index >= 15 is 0 Å². The molecule has 0 aromatic heterocycles. The highest BCUT2D eigenvalue weighted by atomic mass is 16.2. The Morgan fingerprint density at radius 3 is 2.56 bits per heavy atom. The molecule has 1 saturated heterocycles. The minimum Gasteiger partial charge on any atom is -0.369 e. The number of hydrogen-bond donors (Lipinski definition) is 1. The van der Waals surface area contributed by atoms with E-state index in [1.54, 1.807) is 24.3 Å². The Morgan fingerprint density at radius 2 is 2.00 bits per heavy atom. The first-order valence-corrected chi connectivity index (χ1v) is 5.70. The van der Waals surface area contributed by atoms with E-state index in [-0.39, 0.29) is 24.7 Å². The molecule has 0 aliphatic carbocycles. The number of amides is 2. The number of Topliss-reactive ketones (excluding diaryl/α,β-unsaturated/α-hetero) is 1. The van der Waals surface area contributed by atoms with Crippen molar-refractivity contribution in [3.05, 3.63) is 29.8 Å². The van der Waals surface area contributed by atoms with Crippen LogP contribution in [0.2, 0.25) is 0 Å². The van der Waals surface area contributed by atoms with Crippen LogP contribution in [-0.4, -0.2) is 24.1 Å². The summed E-state index contributed by atoms with van der Waals surface area (Å²) < 4.78 is 0. The molecule has 1 heterocycles. The number of carbonyl (C=O) groups is 3. The molecule has 2 amide bonds. The first-order valence-electron chi connectivity index (χ1n) is 5.70. The van der Waals surface area contributed by atoms with Crippen LogP contribution in [0.5, 0.6) is 0 Å². The number of para-hydroxylation sites is 1. The minimum atomic E-state index is -0.480. The third kappa shape index (κ3) is 2.11. The molecule has 0 saturated carbocycles. The van der Waals surface area contributed by atoms with Gasteiger partial charge in [-0.1, -0.05) is 12.1 Å². The average Bonchev–Trinajstić information content (AvgIpc) is 2.71. The van der Waals surface area contributed by atoms with Crippen molar-refractivity contribution in [3.8, 4) is 0 Å². The van der Waals surface area contributed by atoms with Crippen LogP contribution >= 0.6 is 0 Å². The molecule has 5 heteroatoms. The largest absolute Gasteiger partial charge is 0.369 e. The van der Waals surface area contributed by atoms with Crippen LogP contribution < -0.4 is 10.6 Å². The number of nitrogens with zero attached hydrogens (tertiary/aromatic N) is 1. The summed E-state index contributed by atoms with van der Waals surface area (Å²) in [6, 6.07) is 6.87. The van der Waals surface area contributed by atoms with Crippen LogP contribution in [0.3, 0.4) is 0 Å². The Kier molecular flexibility index (Phi) is 3.14. The monoisotopic (exact) mass is 246 g/mol. The second kappa shape index (κ2) is 4.60. The summed E-state index contributed by atoms with van der Waals surface area (Å²) in [5, 5.41) is 0. The lowest BCUT2D eigenvalue weighted by molar-refractivity contribution is -0.123. The molecule has 0 spiro atoms. The van der Waals surface area contributed by atoms with Gasteiger partial charge >= 0.3 is 0 Å². The molecule has 2 N–H and O–H groups in total. The van der Waals surface area contributed by atoms with Crippen LogP contribution in [0.15, 0.2) is 24.3 Å². The van der Waals surface area contributed by atoms with Gasteiger partial charge < -0.3 is 10.6 Å². The van der Waals surface area contributed by atoms with Crippen molar-refractivity contribution >= 4 is 23.3 Å². The minimum absolute atomic E-state index is 0.110. The second-order valence-electron chi connectivity index (χ2n) is 4.38. The van der Waals surface area contributed by atoms with Crippen LogP contribution in [0.4, 0.5) is 5.69 Å². The van der Waals surface area contributed by atoms with Gasteiger partial charge in [0, 0.05) is 18.5 Å². The first-order chi connectivity index (χ1) is 8.50. The Hall–Kier alpha value is -2.17. The van der Waals surface area contributed by atoms with Gasteiger partial charge in [0.15, 0.2) is 5.78 Å². The molecule has 2 rings (SSSR count). The fourth-order valence-corrected chi connectivity index (χ4v) is 2.14. The molecule has 1 unspecified atom stereocenters. The third-order valence-electron chi connectivity index (χ3n) is 3.10. The van der Waals surface area contributed by atoms with Crippen molar-refractivity contribution in [2.45, 2.75) is 13.3 Å². The molecule has 18 heavy (non-hydrogen) atoms. The van der Waals surface area contributed by atoms with Crippen molar-refractivity contribution < 1.29 is 14.4 Å². The number of benzene rings is 1. The fourth-order valence-electron chi connectivity index (χ4n) is 2.14. The van der Waals surface area contributed by atoms with Crippen LogP contribution in [0.1, 0.15) is 23.7 Å². The maximum Gasteiger partial charge on any atom is 0.227 e. The van der Waals surface area contributed by atoms with Crippen molar-refractivity contribution in [2.75, 3.05) is 11.4 Å². The second-order valence-corrected chi connectivity index (χ2v) is 4.38. The van der Waals surface area contributed by atoms with Gasteiger partial charge in [-0.3, -0.25) is 14.4 Å². The van der Waals surface area contributed by atoms with E-state index in [1.807, 2.05) is 0 Å². The average molecular weight is 246 g/mol. The summed E-state index contributed by atoms with van der Waals surface area (Å²) in [7, 11) is 0. The van der Waals surface area contributed by atoms with E-state index in [1.165, 1.54) is 11.8 Å². The lowest BCUT2D eigenvalue weighted by atomic mass is 10.1. The summed E-state index contributed by atoms with van der Waals surface area (Å²) in [5.74, 6) is -1.24. The zero-order valence-corrected chi connectivity index (χ0v) is 10.1. The van der Waals surface area contributed by atoms with Crippen molar-refractivity contribution in [2.24, 2.45) is 11.7 Å². The summed E-state index contributed by atoms with van der Waals surface area (Å²) in [5.41, 5.74) is 6.25. The first kappa shape index (κ1) is 12.3. The van der Waals surface area contributed by atoms with E-state index in [9.17, 15) is 14.4 Å². The highest BCUT2D eigenvalue weighted by molar-refractivity contribution is 6.07. The van der Waals surface area contributed by atoms with Gasteiger partial charge in [0.05, 0.1) is 11.6 Å². The molecular weight excluding hydrogens is 232 g/mol. The fraction of sp³-hybridized carbons (Fsp3) is 0.308. The maximum absolute atomic E-state index is 11.9. The van der Waals surface area contributed by atoms with Gasteiger partial charge in [-0.15, -0.1) is 0 Å². The summed E-state index contributed by atoms with van der Waals surface area (Å²) in [4.78, 5) is 36.0. The Balaban J connectivity index is 2.35. The smallest absolute Gasteiger partial charge is 0.227 e. The van der Waals surface area contributed by atoms with Gasteiger partial charge in [-0.25, -0.2) is 0 Å². The molecule has 0 radical (unpaired) electrons. The number of primary amides is 1.